The van der Waals surface area contributed by atoms with Gasteiger partial charge in [0.2, 0.25) is 0 Å². The van der Waals surface area contributed by atoms with Crippen molar-refractivity contribution in [2.75, 3.05) is 39.3 Å². The lowest BCUT2D eigenvalue weighted by atomic mass is 10.1. The molecule has 2 aliphatic rings. The second-order valence-corrected chi connectivity index (χ2v) is 6.49. The Bertz CT molecular complexity index is 408. The van der Waals surface area contributed by atoms with Crippen molar-refractivity contribution in [3.63, 3.8) is 0 Å². The van der Waals surface area contributed by atoms with Crippen LogP contribution < -0.4 is 5.32 Å². The fraction of sp³-hybridized carbons (Fsp3) is 0.667. The molecule has 1 aromatic carbocycles. The van der Waals surface area contributed by atoms with Gasteiger partial charge in [-0.2, -0.15) is 0 Å². The van der Waals surface area contributed by atoms with Crippen LogP contribution in [0.15, 0.2) is 30.3 Å². The molecule has 0 amide bonds. The van der Waals surface area contributed by atoms with Crippen molar-refractivity contribution in [3.8, 4) is 0 Å². The lowest BCUT2D eigenvalue weighted by Crippen LogP contribution is -2.49. The molecule has 3 heteroatoms. The molecule has 21 heavy (non-hydrogen) atoms. The van der Waals surface area contributed by atoms with Crippen LogP contribution >= 0.6 is 0 Å². The molecule has 1 N–H and O–H groups in total. The normalized spacial score (nSPS) is 22.3. The van der Waals surface area contributed by atoms with Crippen LogP contribution in [0.25, 0.3) is 0 Å². The van der Waals surface area contributed by atoms with Crippen LogP contribution in [0.2, 0.25) is 0 Å². The van der Waals surface area contributed by atoms with E-state index in [1.54, 1.807) is 0 Å². The Morgan fingerprint density at radius 1 is 1.10 bits per heavy atom. The van der Waals surface area contributed by atoms with E-state index in [1.807, 2.05) is 0 Å². The molecule has 1 unspecified atom stereocenters. The minimum atomic E-state index is 0.471. The van der Waals surface area contributed by atoms with Crippen molar-refractivity contribution < 1.29 is 0 Å². The quantitative estimate of drug-likeness (QED) is 0.831. The Hall–Kier alpha value is -0.900. The maximum Gasteiger partial charge on any atom is 0.0449 e. The third kappa shape index (κ3) is 4.29. The van der Waals surface area contributed by atoms with Crippen LogP contribution in [0.1, 0.15) is 37.8 Å². The second-order valence-electron chi connectivity index (χ2n) is 6.49. The van der Waals surface area contributed by atoms with Gasteiger partial charge in [-0.3, -0.25) is 9.80 Å². The fourth-order valence-electron chi connectivity index (χ4n) is 3.30. The SMILES string of the molecule is CCCNC(CN1CCN(C2CC2)CC1)c1ccccc1. The molecule has 0 spiro atoms. The number of nitrogens with one attached hydrogen (secondary N) is 1. The first kappa shape index (κ1) is 15.0. The number of nitrogens with zero attached hydrogens (tertiary/aromatic N) is 2. The minimum Gasteiger partial charge on any atom is -0.309 e. The van der Waals surface area contributed by atoms with Gasteiger partial charge in [-0.05, 0) is 31.4 Å². The van der Waals surface area contributed by atoms with Crippen molar-refractivity contribution in [1.29, 1.82) is 0 Å². The Labute approximate surface area is 129 Å². The van der Waals surface area contributed by atoms with Crippen LogP contribution in [0.3, 0.4) is 0 Å². The monoisotopic (exact) mass is 287 g/mol. The van der Waals surface area contributed by atoms with E-state index in [4.69, 9.17) is 0 Å². The van der Waals surface area contributed by atoms with Crippen LogP contribution in [0, 0.1) is 0 Å². The maximum absolute atomic E-state index is 3.72. The summed E-state index contributed by atoms with van der Waals surface area (Å²) in [5.74, 6) is 0. The number of hydrogen-bond acceptors (Lipinski definition) is 3. The highest BCUT2D eigenvalue weighted by atomic mass is 15.3. The molecule has 116 valence electrons. The average molecular weight is 287 g/mol. The van der Waals surface area contributed by atoms with Crippen LogP contribution in [0.4, 0.5) is 0 Å². The van der Waals surface area contributed by atoms with E-state index >= 15 is 0 Å². The summed E-state index contributed by atoms with van der Waals surface area (Å²) in [6.45, 7) is 9.47. The van der Waals surface area contributed by atoms with Crippen LogP contribution in [0.5, 0.6) is 0 Å². The lowest BCUT2D eigenvalue weighted by molar-refractivity contribution is 0.117. The number of piperazine rings is 1. The predicted molar refractivity (Wildman–Crippen MR) is 88.5 cm³/mol. The van der Waals surface area contributed by atoms with E-state index in [0.29, 0.717) is 6.04 Å². The zero-order valence-corrected chi connectivity index (χ0v) is 13.3. The molecule has 0 aromatic heterocycles. The van der Waals surface area contributed by atoms with Gasteiger partial charge in [0.1, 0.15) is 0 Å². The van der Waals surface area contributed by atoms with Crippen LogP contribution in [-0.2, 0) is 0 Å². The number of rotatable bonds is 7. The van der Waals surface area contributed by atoms with E-state index < -0.39 is 0 Å². The van der Waals surface area contributed by atoms with E-state index in [-0.39, 0.29) is 0 Å². The van der Waals surface area contributed by atoms with Gasteiger partial charge in [0, 0.05) is 44.8 Å². The van der Waals surface area contributed by atoms with Crippen molar-refractivity contribution >= 4 is 0 Å². The second kappa shape index (κ2) is 7.39. The zero-order chi connectivity index (χ0) is 14.5. The van der Waals surface area contributed by atoms with Crippen molar-refractivity contribution in [2.24, 2.45) is 0 Å². The molecule has 1 aliphatic carbocycles. The van der Waals surface area contributed by atoms with Gasteiger partial charge in [0.15, 0.2) is 0 Å². The molecule has 3 nitrogen and oxygen atoms in total. The molecule has 1 heterocycles. The number of hydrogen-bond donors (Lipinski definition) is 1. The highest BCUT2D eigenvalue weighted by Gasteiger charge is 2.31. The fourth-order valence-corrected chi connectivity index (χ4v) is 3.30. The van der Waals surface area contributed by atoms with E-state index in [0.717, 1.165) is 19.1 Å². The summed E-state index contributed by atoms with van der Waals surface area (Å²) >= 11 is 0. The van der Waals surface area contributed by atoms with Gasteiger partial charge < -0.3 is 5.32 Å². The van der Waals surface area contributed by atoms with Crippen LogP contribution in [-0.4, -0.2) is 55.1 Å². The van der Waals surface area contributed by atoms with Crippen molar-refractivity contribution in [1.82, 2.24) is 15.1 Å². The lowest BCUT2D eigenvalue weighted by Gasteiger charge is -2.37. The zero-order valence-electron chi connectivity index (χ0n) is 13.3. The Balaban J connectivity index is 1.54. The first-order chi connectivity index (χ1) is 10.4. The molecule has 0 radical (unpaired) electrons. The summed E-state index contributed by atoms with van der Waals surface area (Å²) in [5.41, 5.74) is 1.43. The van der Waals surface area contributed by atoms with E-state index in [2.05, 4.69) is 52.4 Å². The first-order valence-electron chi connectivity index (χ1n) is 8.61. The predicted octanol–water partition coefficient (Wildman–Crippen LogP) is 2.51. The molecular weight excluding hydrogens is 258 g/mol. The summed E-state index contributed by atoms with van der Waals surface area (Å²) in [6, 6.07) is 12.3. The van der Waals surface area contributed by atoms with Gasteiger partial charge in [0.25, 0.3) is 0 Å². The summed E-state index contributed by atoms with van der Waals surface area (Å²) in [7, 11) is 0. The summed E-state index contributed by atoms with van der Waals surface area (Å²) in [6.07, 6.45) is 4.06. The van der Waals surface area contributed by atoms with Crippen molar-refractivity contribution in [2.45, 2.75) is 38.3 Å². The van der Waals surface area contributed by atoms with E-state index in [9.17, 15) is 0 Å². The molecule has 3 rings (SSSR count). The standard InChI is InChI=1S/C18H29N3/c1-2-10-19-18(16-6-4-3-5-7-16)15-20-11-13-21(14-12-20)17-8-9-17/h3-7,17-19H,2,8-15H2,1H3. The topological polar surface area (TPSA) is 18.5 Å². The molecule has 1 aliphatic heterocycles. The minimum absolute atomic E-state index is 0.471. The van der Waals surface area contributed by atoms with E-state index in [1.165, 1.54) is 51.0 Å². The molecule has 1 saturated heterocycles. The molecule has 1 saturated carbocycles. The summed E-state index contributed by atoms with van der Waals surface area (Å²) < 4.78 is 0. The molecule has 2 fully saturated rings. The Morgan fingerprint density at radius 3 is 2.43 bits per heavy atom. The summed E-state index contributed by atoms with van der Waals surface area (Å²) in [5, 5.41) is 3.72. The maximum atomic E-state index is 3.72. The third-order valence-electron chi connectivity index (χ3n) is 4.75. The number of benzene rings is 1. The first-order valence-corrected chi connectivity index (χ1v) is 8.61. The highest BCUT2D eigenvalue weighted by molar-refractivity contribution is 5.19. The van der Waals surface area contributed by atoms with Gasteiger partial charge in [-0.15, -0.1) is 0 Å². The molecular formula is C18H29N3. The summed E-state index contributed by atoms with van der Waals surface area (Å²) in [4.78, 5) is 5.33. The smallest absolute Gasteiger partial charge is 0.0449 e. The molecule has 1 aromatic rings. The van der Waals surface area contributed by atoms with Crippen molar-refractivity contribution in [3.05, 3.63) is 35.9 Å². The Morgan fingerprint density at radius 2 is 1.81 bits per heavy atom. The molecule has 0 bridgehead atoms. The third-order valence-corrected chi connectivity index (χ3v) is 4.75. The molecule has 1 atom stereocenters. The van der Waals surface area contributed by atoms with Gasteiger partial charge in [0.05, 0.1) is 0 Å². The largest absolute Gasteiger partial charge is 0.309 e. The van der Waals surface area contributed by atoms with Gasteiger partial charge in [-0.25, -0.2) is 0 Å². The van der Waals surface area contributed by atoms with Gasteiger partial charge >= 0.3 is 0 Å². The van der Waals surface area contributed by atoms with Gasteiger partial charge in [-0.1, -0.05) is 37.3 Å². The average Bonchev–Trinajstić information content (AvgIpc) is 3.38. The highest BCUT2D eigenvalue weighted by Crippen LogP contribution is 2.27. The Kier molecular flexibility index (Phi) is 5.28.